The van der Waals surface area contributed by atoms with Crippen molar-refractivity contribution < 1.29 is 0 Å². The summed E-state index contributed by atoms with van der Waals surface area (Å²) in [5.41, 5.74) is 0.622. The predicted molar refractivity (Wildman–Crippen MR) is 106 cm³/mol. The van der Waals surface area contributed by atoms with Crippen LogP contribution in [-0.2, 0) is 0 Å². The summed E-state index contributed by atoms with van der Waals surface area (Å²) in [5.74, 6) is 2.99. The Morgan fingerprint density at radius 2 is 1.35 bits per heavy atom. The van der Waals surface area contributed by atoms with Gasteiger partial charge in [-0.15, -0.1) is 0 Å². The first-order valence-electron chi connectivity index (χ1n) is 11.1. The van der Waals surface area contributed by atoms with Crippen molar-refractivity contribution in [1.29, 1.82) is 0 Å². The van der Waals surface area contributed by atoms with Crippen LogP contribution in [0.3, 0.4) is 0 Å². The average Bonchev–Trinajstić information content (AvgIpc) is 2.51. The van der Waals surface area contributed by atoms with Crippen molar-refractivity contribution in [2.24, 2.45) is 23.2 Å². The molecule has 0 amide bonds. The van der Waals surface area contributed by atoms with Gasteiger partial charge in [0.2, 0.25) is 0 Å². The average molecular weight is 323 g/mol. The van der Waals surface area contributed by atoms with Crippen LogP contribution in [0.15, 0.2) is 0 Å². The molecule has 0 aromatic rings. The van der Waals surface area contributed by atoms with Crippen LogP contribution in [0.2, 0.25) is 0 Å². The monoisotopic (exact) mass is 322 g/mol. The molecule has 0 spiro atoms. The Morgan fingerprint density at radius 1 is 0.783 bits per heavy atom. The van der Waals surface area contributed by atoms with Crippen LogP contribution in [-0.4, -0.2) is 0 Å². The molecule has 0 heteroatoms. The summed E-state index contributed by atoms with van der Waals surface area (Å²) >= 11 is 0. The molecular weight excluding hydrogens is 276 g/mol. The molecule has 0 saturated heterocycles. The maximum absolute atomic E-state index is 2.68. The Labute approximate surface area is 148 Å². The van der Waals surface area contributed by atoms with E-state index in [0.29, 0.717) is 5.41 Å². The molecule has 0 bridgehead atoms. The maximum Gasteiger partial charge on any atom is -0.0295 e. The van der Waals surface area contributed by atoms with Crippen LogP contribution in [0.4, 0.5) is 0 Å². The Bertz CT molecular complexity index is 270. The molecule has 1 fully saturated rings. The zero-order valence-corrected chi connectivity index (χ0v) is 17.1. The van der Waals surface area contributed by atoms with E-state index in [9.17, 15) is 0 Å². The van der Waals surface area contributed by atoms with E-state index in [2.05, 4.69) is 34.6 Å². The first kappa shape index (κ1) is 21.0. The molecule has 2 atom stereocenters. The van der Waals surface area contributed by atoms with E-state index >= 15 is 0 Å². The smallest absolute Gasteiger partial charge is 0.0295 e. The topological polar surface area (TPSA) is 0 Å². The molecule has 2 unspecified atom stereocenters. The van der Waals surface area contributed by atoms with Crippen LogP contribution in [0, 0.1) is 23.2 Å². The zero-order chi connectivity index (χ0) is 17.1. The third kappa shape index (κ3) is 6.79. The fourth-order valence-corrected chi connectivity index (χ4v) is 5.58. The Kier molecular flexibility index (Phi) is 10.6. The molecule has 0 radical (unpaired) electrons. The van der Waals surface area contributed by atoms with Crippen LogP contribution in [0.5, 0.6) is 0 Å². The fraction of sp³-hybridized carbons (Fsp3) is 1.00. The Hall–Kier alpha value is 0. The molecule has 1 aliphatic rings. The van der Waals surface area contributed by atoms with Gasteiger partial charge in [0.15, 0.2) is 0 Å². The molecule has 0 aromatic heterocycles. The minimum absolute atomic E-state index is 0.622. The van der Waals surface area contributed by atoms with Gasteiger partial charge in [-0.3, -0.25) is 0 Å². The SMILES string of the molecule is CCCC(CCC)C1CCCCCC(C)(C(CCC)CCC)C1. The molecule has 138 valence electrons. The van der Waals surface area contributed by atoms with E-state index in [0.717, 1.165) is 17.8 Å². The summed E-state index contributed by atoms with van der Waals surface area (Å²) in [6, 6.07) is 0. The van der Waals surface area contributed by atoms with Gasteiger partial charge in [-0.05, 0) is 36.0 Å². The molecule has 1 saturated carbocycles. The van der Waals surface area contributed by atoms with E-state index in [1.54, 1.807) is 0 Å². The first-order chi connectivity index (χ1) is 11.1. The summed E-state index contributed by atoms with van der Waals surface area (Å²) < 4.78 is 0. The van der Waals surface area contributed by atoms with Gasteiger partial charge in [0.05, 0.1) is 0 Å². The number of hydrogen-bond acceptors (Lipinski definition) is 0. The van der Waals surface area contributed by atoms with Crippen LogP contribution < -0.4 is 0 Å². The van der Waals surface area contributed by atoms with Gasteiger partial charge in [-0.25, -0.2) is 0 Å². The summed E-state index contributed by atoms with van der Waals surface area (Å²) in [7, 11) is 0. The summed E-state index contributed by atoms with van der Waals surface area (Å²) in [5, 5.41) is 0. The maximum atomic E-state index is 2.68. The van der Waals surface area contributed by atoms with Crippen molar-refractivity contribution >= 4 is 0 Å². The molecule has 0 nitrogen and oxygen atoms in total. The lowest BCUT2D eigenvalue weighted by Crippen LogP contribution is -2.33. The van der Waals surface area contributed by atoms with Gasteiger partial charge < -0.3 is 0 Å². The van der Waals surface area contributed by atoms with Crippen LogP contribution >= 0.6 is 0 Å². The highest BCUT2D eigenvalue weighted by molar-refractivity contribution is 4.88. The van der Waals surface area contributed by atoms with Gasteiger partial charge in [0.1, 0.15) is 0 Å². The van der Waals surface area contributed by atoms with Crippen molar-refractivity contribution in [2.45, 2.75) is 125 Å². The molecule has 1 rings (SSSR count). The van der Waals surface area contributed by atoms with Crippen LogP contribution in [0.25, 0.3) is 0 Å². The molecule has 0 N–H and O–H groups in total. The lowest BCUT2D eigenvalue weighted by Gasteiger charge is -2.44. The Balaban J connectivity index is 2.90. The molecule has 0 aromatic carbocycles. The highest BCUT2D eigenvalue weighted by Gasteiger charge is 2.37. The minimum atomic E-state index is 0.622. The van der Waals surface area contributed by atoms with Crippen molar-refractivity contribution in [3.05, 3.63) is 0 Å². The van der Waals surface area contributed by atoms with E-state index in [1.165, 1.54) is 89.9 Å². The van der Waals surface area contributed by atoms with E-state index in [4.69, 9.17) is 0 Å². The van der Waals surface area contributed by atoms with Crippen molar-refractivity contribution in [2.75, 3.05) is 0 Å². The van der Waals surface area contributed by atoms with Crippen molar-refractivity contribution in [3.8, 4) is 0 Å². The van der Waals surface area contributed by atoms with E-state index in [-0.39, 0.29) is 0 Å². The van der Waals surface area contributed by atoms with E-state index in [1.807, 2.05) is 0 Å². The zero-order valence-electron chi connectivity index (χ0n) is 17.1. The molecule has 1 aliphatic carbocycles. The number of rotatable bonds is 10. The molecular formula is C23H46. The lowest BCUT2D eigenvalue weighted by molar-refractivity contribution is 0.0668. The quantitative estimate of drug-likeness (QED) is 0.379. The lowest BCUT2D eigenvalue weighted by atomic mass is 9.61. The van der Waals surface area contributed by atoms with Crippen molar-refractivity contribution in [3.63, 3.8) is 0 Å². The summed E-state index contributed by atoms with van der Waals surface area (Å²) in [4.78, 5) is 0. The van der Waals surface area contributed by atoms with Gasteiger partial charge in [0, 0.05) is 0 Å². The van der Waals surface area contributed by atoms with Gasteiger partial charge >= 0.3 is 0 Å². The largest absolute Gasteiger partial charge is 0.0654 e. The fourth-order valence-electron chi connectivity index (χ4n) is 5.58. The van der Waals surface area contributed by atoms with E-state index < -0.39 is 0 Å². The third-order valence-corrected chi connectivity index (χ3v) is 6.80. The summed E-state index contributed by atoms with van der Waals surface area (Å²) in [6.07, 6.45) is 20.4. The highest BCUT2D eigenvalue weighted by Crippen LogP contribution is 2.48. The van der Waals surface area contributed by atoms with Crippen molar-refractivity contribution in [1.82, 2.24) is 0 Å². The Morgan fingerprint density at radius 3 is 1.87 bits per heavy atom. The van der Waals surface area contributed by atoms with Gasteiger partial charge in [-0.2, -0.15) is 0 Å². The van der Waals surface area contributed by atoms with Crippen LogP contribution in [0.1, 0.15) is 125 Å². The first-order valence-corrected chi connectivity index (χ1v) is 11.1. The second-order valence-electron chi connectivity index (χ2n) is 8.83. The normalized spacial score (nSPS) is 26.5. The predicted octanol–water partition coefficient (Wildman–Crippen LogP) is 8.40. The highest BCUT2D eigenvalue weighted by atomic mass is 14.4. The van der Waals surface area contributed by atoms with Gasteiger partial charge in [0.25, 0.3) is 0 Å². The second kappa shape index (κ2) is 11.5. The standard InChI is InChI=1S/C23H46/c1-6-13-20(14-7-2)21-17-11-10-12-18-23(5,19-21)22(15-8-3)16-9-4/h20-22H,6-19H2,1-5H3. The van der Waals surface area contributed by atoms with Gasteiger partial charge in [-0.1, -0.05) is 112 Å². The molecule has 0 heterocycles. The molecule has 0 aliphatic heterocycles. The third-order valence-electron chi connectivity index (χ3n) is 6.80. The summed E-state index contributed by atoms with van der Waals surface area (Å²) in [6.45, 7) is 12.2. The minimum Gasteiger partial charge on any atom is -0.0654 e. The second-order valence-corrected chi connectivity index (χ2v) is 8.83. The molecule has 23 heavy (non-hydrogen) atoms. The number of hydrogen-bond donors (Lipinski definition) is 0.